The highest BCUT2D eigenvalue weighted by atomic mass is 16.5. The summed E-state index contributed by atoms with van der Waals surface area (Å²) in [5, 5.41) is 5.95. The van der Waals surface area contributed by atoms with Crippen molar-refractivity contribution in [2.75, 3.05) is 13.1 Å². The third-order valence-corrected chi connectivity index (χ3v) is 6.85. The van der Waals surface area contributed by atoms with Crippen molar-refractivity contribution < 1.29 is 14.3 Å². The van der Waals surface area contributed by atoms with E-state index in [0.717, 1.165) is 44.1 Å². The molecule has 2 N–H and O–H groups in total. The third kappa shape index (κ3) is 12.1. The van der Waals surface area contributed by atoms with E-state index >= 15 is 0 Å². The molecule has 0 saturated carbocycles. The quantitative estimate of drug-likeness (QED) is 0.209. The normalized spacial score (nSPS) is 11.6. The number of amides is 2. The number of carbonyl (C=O) groups is 2. The molecular formula is C33H42N2O3. The van der Waals surface area contributed by atoms with E-state index in [2.05, 4.69) is 66.1 Å². The fourth-order valence-electron chi connectivity index (χ4n) is 4.52. The van der Waals surface area contributed by atoms with Gasteiger partial charge in [-0.25, -0.2) is 4.79 Å². The van der Waals surface area contributed by atoms with Gasteiger partial charge >= 0.3 is 6.09 Å². The summed E-state index contributed by atoms with van der Waals surface area (Å²) in [5.74, 6) is 0.815. The maximum Gasteiger partial charge on any atom is 0.407 e. The molecular weight excluding hydrogens is 472 g/mol. The van der Waals surface area contributed by atoms with Gasteiger partial charge in [0.25, 0.3) is 0 Å². The Labute approximate surface area is 228 Å². The van der Waals surface area contributed by atoms with Gasteiger partial charge < -0.3 is 15.4 Å². The van der Waals surface area contributed by atoms with E-state index in [1.54, 1.807) is 0 Å². The first-order valence-electron chi connectivity index (χ1n) is 13.9. The molecule has 0 bridgehead atoms. The van der Waals surface area contributed by atoms with Crippen molar-refractivity contribution in [3.05, 3.63) is 108 Å². The maximum absolute atomic E-state index is 12.8. The molecule has 3 aromatic carbocycles. The fourth-order valence-corrected chi connectivity index (χ4v) is 4.52. The smallest absolute Gasteiger partial charge is 0.407 e. The molecule has 0 spiro atoms. The van der Waals surface area contributed by atoms with Gasteiger partial charge in [-0.2, -0.15) is 0 Å². The maximum atomic E-state index is 12.8. The Bertz CT molecular complexity index is 1010. The highest BCUT2D eigenvalue weighted by Gasteiger charge is 2.15. The Hall–Kier alpha value is -3.60. The van der Waals surface area contributed by atoms with Crippen LogP contribution in [0.15, 0.2) is 91.0 Å². The summed E-state index contributed by atoms with van der Waals surface area (Å²) in [7, 11) is 0. The molecule has 0 aromatic heterocycles. The Morgan fingerprint density at radius 3 is 1.79 bits per heavy atom. The summed E-state index contributed by atoms with van der Waals surface area (Å²) in [4.78, 5) is 24.7. The molecule has 202 valence electrons. The predicted octanol–water partition coefficient (Wildman–Crippen LogP) is 6.72. The minimum atomic E-state index is -0.396. The van der Waals surface area contributed by atoms with E-state index in [-0.39, 0.29) is 12.5 Å². The first-order chi connectivity index (χ1) is 18.6. The van der Waals surface area contributed by atoms with Crippen LogP contribution in [0.4, 0.5) is 4.79 Å². The van der Waals surface area contributed by atoms with E-state index in [9.17, 15) is 9.59 Å². The van der Waals surface area contributed by atoms with Crippen LogP contribution >= 0.6 is 0 Å². The Morgan fingerprint density at radius 1 is 0.711 bits per heavy atom. The number of aryl methyl sites for hydroxylation is 2. The summed E-state index contributed by atoms with van der Waals surface area (Å²) < 4.78 is 5.24. The lowest BCUT2D eigenvalue weighted by Crippen LogP contribution is -2.30. The van der Waals surface area contributed by atoms with Crippen LogP contribution in [0.25, 0.3) is 0 Å². The SMILES string of the molecule is C[C@@H](CCCNC(=O)OCc1ccccc1)CNC(=O)CC(CCc1ccccc1)CCc1ccccc1. The van der Waals surface area contributed by atoms with E-state index in [1.807, 2.05) is 42.5 Å². The van der Waals surface area contributed by atoms with Crippen LogP contribution in [0, 0.1) is 11.8 Å². The van der Waals surface area contributed by atoms with E-state index in [0.29, 0.717) is 31.3 Å². The van der Waals surface area contributed by atoms with E-state index in [1.165, 1.54) is 11.1 Å². The fraction of sp³-hybridized carbons (Fsp3) is 0.394. The van der Waals surface area contributed by atoms with Gasteiger partial charge in [-0.3, -0.25) is 4.79 Å². The second kappa shape index (κ2) is 17.0. The molecule has 0 saturated heterocycles. The van der Waals surface area contributed by atoms with Gasteiger partial charge in [-0.1, -0.05) is 97.9 Å². The number of carbonyl (C=O) groups excluding carboxylic acids is 2. The van der Waals surface area contributed by atoms with Crippen molar-refractivity contribution in [3.8, 4) is 0 Å². The molecule has 0 aliphatic carbocycles. The van der Waals surface area contributed by atoms with Crippen LogP contribution < -0.4 is 10.6 Å². The average molecular weight is 515 g/mol. The minimum Gasteiger partial charge on any atom is -0.445 e. The largest absolute Gasteiger partial charge is 0.445 e. The number of hydrogen-bond acceptors (Lipinski definition) is 3. The van der Waals surface area contributed by atoms with Crippen LogP contribution in [0.3, 0.4) is 0 Å². The van der Waals surface area contributed by atoms with Gasteiger partial charge in [0.2, 0.25) is 5.91 Å². The molecule has 0 radical (unpaired) electrons. The minimum absolute atomic E-state index is 0.130. The molecule has 0 aliphatic heterocycles. The van der Waals surface area contributed by atoms with Crippen LogP contribution in [-0.4, -0.2) is 25.1 Å². The van der Waals surface area contributed by atoms with Crippen molar-refractivity contribution in [2.24, 2.45) is 11.8 Å². The second-order valence-electron chi connectivity index (χ2n) is 10.2. The number of benzene rings is 3. The molecule has 0 fully saturated rings. The first kappa shape index (κ1) is 29.0. The lowest BCUT2D eigenvalue weighted by atomic mass is 9.90. The van der Waals surface area contributed by atoms with Crippen molar-refractivity contribution in [1.82, 2.24) is 10.6 Å². The molecule has 1 atom stereocenters. The number of nitrogens with one attached hydrogen (secondary N) is 2. The molecule has 0 heterocycles. The standard InChI is InChI=1S/C33H42N2O3/c1-27(12-11-23-34-33(37)38-26-31-17-9-4-10-18-31)25-35-32(36)24-30(21-19-28-13-5-2-6-14-28)22-20-29-15-7-3-8-16-29/h2-10,13-18,27,30H,11-12,19-26H2,1H3,(H,34,37)(H,35,36)/t27-/m0/s1. The molecule has 5 heteroatoms. The lowest BCUT2D eigenvalue weighted by molar-refractivity contribution is -0.122. The average Bonchev–Trinajstić information content (AvgIpc) is 2.96. The number of rotatable bonds is 16. The van der Waals surface area contributed by atoms with E-state index in [4.69, 9.17) is 4.74 Å². The van der Waals surface area contributed by atoms with Crippen molar-refractivity contribution in [2.45, 2.75) is 58.5 Å². The summed E-state index contributed by atoms with van der Waals surface area (Å²) in [6.45, 7) is 3.62. The van der Waals surface area contributed by atoms with Gasteiger partial charge in [-0.15, -0.1) is 0 Å². The predicted molar refractivity (Wildman–Crippen MR) is 154 cm³/mol. The van der Waals surface area contributed by atoms with Crippen molar-refractivity contribution in [3.63, 3.8) is 0 Å². The zero-order chi connectivity index (χ0) is 26.8. The summed E-state index contributed by atoms with van der Waals surface area (Å²) in [5.41, 5.74) is 3.61. The number of ether oxygens (including phenoxy) is 1. The topological polar surface area (TPSA) is 67.4 Å². The zero-order valence-corrected chi connectivity index (χ0v) is 22.6. The van der Waals surface area contributed by atoms with Crippen molar-refractivity contribution in [1.29, 1.82) is 0 Å². The molecule has 3 aromatic rings. The summed E-state index contributed by atoms with van der Waals surface area (Å²) in [6.07, 6.45) is 5.92. The third-order valence-electron chi connectivity index (χ3n) is 6.85. The molecule has 5 nitrogen and oxygen atoms in total. The molecule has 38 heavy (non-hydrogen) atoms. The highest BCUT2D eigenvalue weighted by Crippen LogP contribution is 2.20. The van der Waals surface area contributed by atoms with Gasteiger partial charge in [0.1, 0.15) is 6.61 Å². The molecule has 3 rings (SSSR count). The van der Waals surface area contributed by atoms with Gasteiger partial charge in [0, 0.05) is 19.5 Å². The Balaban J connectivity index is 1.32. The zero-order valence-electron chi connectivity index (χ0n) is 22.6. The molecule has 0 unspecified atom stereocenters. The van der Waals surface area contributed by atoms with Gasteiger partial charge in [-0.05, 0) is 67.1 Å². The molecule has 0 aliphatic rings. The number of hydrogen-bond donors (Lipinski definition) is 2. The highest BCUT2D eigenvalue weighted by molar-refractivity contribution is 5.76. The van der Waals surface area contributed by atoms with E-state index < -0.39 is 6.09 Å². The number of alkyl carbamates (subject to hydrolysis) is 1. The van der Waals surface area contributed by atoms with Crippen LogP contribution in [0.2, 0.25) is 0 Å². The summed E-state index contributed by atoms with van der Waals surface area (Å²) >= 11 is 0. The van der Waals surface area contributed by atoms with Crippen LogP contribution in [0.1, 0.15) is 55.7 Å². The van der Waals surface area contributed by atoms with Crippen LogP contribution in [-0.2, 0) is 29.0 Å². The lowest BCUT2D eigenvalue weighted by Gasteiger charge is -2.18. The first-order valence-corrected chi connectivity index (χ1v) is 13.9. The molecule has 2 amide bonds. The van der Waals surface area contributed by atoms with Gasteiger partial charge in [0.05, 0.1) is 0 Å². The Morgan fingerprint density at radius 2 is 1.24 bits per heavy atom. The van der Waals surface area contributed by atoms with Crippen molar-refractivity contribution >= 4 is 12.0 Å². The Kier molecular flexibility index (Phi) is 13.0. The monoisotopic (exact) mass is 514 g/mol. The summed E-state index contributed by atoms with van der Waals surface area (Å²) in [6, 6.07) is 30.7. The second-order valence-corrected chi connectivity index (χ2v) is 10.2. The van der Waals surface area contributed by atoms with Gasteiger partial charge in [0.15, 0.2) is 0 Å². The van der Waals surface area contributed by atoms with Crippen LogP contribution in [0.5, 0.6) is 0 Å².